The molecule has 0 atom stereocenters. The third kappa shape index (κ3) is 20.9. The number of benzene rings is 5. The number of anilines is 12. The lowest BCUT2D eigenvalue weighted by Gasteiger charge is -2.29. The van der Waals surface area contributed by atoms with Crippen molar-refractivity contribution in [2.24, 2.45) is 35.2 Å². The first-order valence-corrected chi connectivity index (χ1v) is 47.0. The van der Waals surface area contributed by atoms with E-state index in [4.69, 9.17) is 9.47 Å². The fraction of sp³-hybridized carbons (Fsp3) is 0.214. The minimum absolute atomic E-state index is 0.472. The average Bonchev–Trinajstić information content (AvgIpc) is 1.58. The van der Waals surface area contributed by atoms with Crippen LogP contribution in [-0.4, -0.2) is 243 Å². The Morgan fingerprint density at radius 3 is 1.17 bits per heavy atom. The molecule has 42 heteroatoms. The highest BCUT2D eigenvalue weighted by atomic mass is 32.2. The first-order valence-electron chi connectivity index (χ1n) is 45.1. The lowest BCUT2D eigenvalue weighted by atomic mass is 10.1. The summed E-state index contributed by atoms with van der Waals surface area (Å²) >= 11 is 0. The second-order valence-corrected chi connectivity index (χ2v) is 35.9. The molecule has 2 aliphatic heterocycles. The number of aromatic nitrogens is 27. The van der Waals surface area contributed by atoms with Crippen LogP contribution in [-0.2, 0) is 51.7 Å². The van der Waals surface area contributed by atoms with Crippen molar-refractivity contribution in [3.8, 4) is 67.8 Å². The molecule has 0 spiro atoms. The van der Waals surface area contributed by atoms with E-state index in [9.17, 15) is 8.42 Å². The molecule has 6 N–H and O–H groups in total. The standard InChI is InChI=1S/C20H22N8.2C20H23N7O.C19H16N8.C19H19N7O2S/c1-26-14-15(12-24-26)18-13-23-20-19(22-8-11-28(18)20)25-16-2-4-17(5-3-16)27-9-6-21-7-10-27;1-25(2)10-11-28-17-6-4-16(5-7-17)24-19-20-22-13-18(27(20)9-8-21-19)15-12-23-26(3)14-15;1-25(2)9-10-28-17-6-4-5-16(11-17)24-19-20-22-13-18(27(20)8-7-21-19)15-12-23-26(3)14-15;1-12-8-14-15(4-3-5-16(14)25-24-12)23-18-19-21-10-17(27(19)7-6-20-18)13-9-22-26(2)11-13;1-24-12-14(10-22-24)17-11-21-19-18(20-6-8-25(17)19)23-15-3-4-16-13(9-15)5-7-26(16)29(2,27)28/h2-5,8,11-14,21H,6-7,9-10H2,1H3,(H,22,25);4-9,12-14H,10-11H2,1-3H3,(H,21,24);4-8,11-14H,9-10H2,1-3H3,(H,21,24);3-11H,1-2H3,(H,20,23);3-4,6,8-12H,5,7H2,1-2H3,(H,20,23). The molecular formula is C98H103N37O4S. The molecule has 710 valence electrons. The monoisotopic (exact) mass is 1890 g/mol. The molecule has 41 nitrogen and oxygen atoms in total. The molecule has 140 heavy (non-hydrogen) atoms. The van der Waals surface area contributed by atoms with Crippen LogP contribution in [0.5, 0.6) is 11.5 Å². The molecule has 18 heterocycles. The van der Waals surface area contributed by atoms with Gasteiger partial charge >= 0.3 is 0 Å². The third-order valence-electron chi connectivity index (χ3n) is 23.2. The minimum Gasteiger partial charge on any atom is -0.492 e. The van der Waals surface area contributed by atoms with Crippen LogP contribution in [0.25, 0.3) is 95.4 Å². The smallest absolute Gasteiger partial charge is 0.232 e. The fourth-order valence-corrected chi connectivity index (χ4v) is 17.2. The van der Waals surface area contributed by atoms with Gasteiger partial charge in [0.1, 0.15) is 24.7 Å². The van der Waals surface area contributed by atoms with Gasteiger partial charge in [-0.25, -0.2) is 58.3 Å². The lowest BCUT2D eigenvalue weighted by Crippen LogP contribution is -2.43. The summed E-state index contributed by atoms with van der Waals surface area (Å²) < 4.78 is 55.7. The summed E-state index contributed by atoms with van der Waals surface area (Å²) in [4.78, 5) is 51.7. The summed E-state index contributed by atoms with van der Waals surface area (Å²) in [6.45, 7) is 9.59. The minimum atomic E-state index is -3.26. The van der Waals surface area contributed by atoms with Gasteiger partial charge in [0.15, 0.2) is 57.3 Å². The Hall–Kier alpha value is -17.4. The number of ether oxygens (including phenoxy) is 2. The predicted molar refractivity (Wildman–Crippen MR) is 541 cm³/mol. The summed E-state index contributed by atoms with van der Waals surface area (Å²) in [6, 6.07) is 37.7. The second kappa shape index (κ2) is 40.7. The third-order valence-corrected chi connectivity index (χ3v) is 24.4. The summed E-state index contributed by atoms with van der Waals surface area (Å²) in [5.74, 6) is 5.07. The van der Waals surface area contributed by atoms with Gasteiger partial charge in [-0.1, -0.05) is 12.1 Å². The number of rotatable bonds is 25. The topological polar surface area (TPSA) is 404 Å². The van der Waals surface area contributed by atoms with Crippen LogP contribution in [0.3, 0.4) is 0 Å². The highest BCUT2D eigenvalue weighted by molar-refractivity contribution is 7.92. The van der Waals surface area contributed by atoms with Crippen molar-refractivity contribution in [1.82, 2.24) is 146 Å². The number of piperazine rings is 1. The Kier molecular flexibility index (Phi) is 26.6. The van der Waals surface area contributed by atoms with Crippen LogP contribution in [0.2, 0.25) is 0 Å². The molecular weight excluding hydrogens is 1790 g/mol. The Bertz CT molecular complexity index is 8030. The maximum Gasteiger partial charge on any atom is 0.232 e. The zero-order valence-corrected chi connectivity index (χ0v) is 79.7. The quantitative estimate of drug-likeness (QED) is 0.0309. The molecule has 0 radical (unpaired) electrons. The number of nitrogens with one attached hydrogen (secondary N) is 6. The molecule has 1 saturated heterocycles. The first-order chi connectivity index (χ1) is 68.1. The largest absolute Gasteiger partial charge is 0.492 e. The Morgan fingerprint density at radius 1 is 0.393 bits per heavy atom. The maximum absolute atomic E-state index is 11.9. The first kappa shape index (κ1) is 91.7. The SMILES string of the molecule is CN(C)CCOc1ccc(Nc2nccn3c(-c4cnn(C)c4)cnc23)cc1.CN(C)CCOc1cccc(Nc2nccn3c(-c4cnn(C)c4)cnc23)c1.Cc1cc2c(Nc3nccn4c(-c5cnn(C)c5)cnc34)cccc2nn1.Cn1cc(-c2cnc3c(Nc4ccc(N5CCNCC5)cc4)nccn23)cn1.Cn1cc(-c2cnc3c(Nc4ccc5c(c4)CCN5S(C)(=O)=O)nccn23)cn1. The van der Waals surface area contributed by atoms with Crippen LogP contribution in [0, 0.1) is 6.92 Å². The summed E-state index contributed by atoms with van der Waals surface area (Å²) in [7, 11) is 14.3. The molecule has 23 rings (SSSR count). The van der Waals surface area contributed by atoms with Crippen LogP contribution in [0.1, 0.15) is 11.3 Å². The number of fused-ring (bicyclic) bond motifs is 7. The molecule has 0 unspecified atom stereocenters. The molecule has 0 amide bonds. The van der Waals surface area contributed by atoms with Crippen molar-refractivity contribution >= 4 is 118 Å². The number of aryl methyl sites for hydroxylation is 6. The highest BCUT2D eigenvalue weighted by Crippen LogP contribution is 2.37. The van der Waals surface area contributed by atoms with Gasteiger partial charge in [0.25, 0.3) is 0 Å². The van der Waals surface area contributed by atoms with E-state index in [1.165, 1.54) is 16.2 Å². The number of likely N-dealkylation sites (N-methyl/N-ethyl adjacent to an activating group) is 2. The van der Waals surface area contributed by atoms with Crippen LogP contribution >= 0.6 is 0 Å². The molecule has 0 aliphatic carbocycles. The van der Waals surface area contributed by atoms with Gasteiger partial charge in [-0.05, 0) is 144 Å². The van der Waals surface area contributed by atoms with E-state index in [1.807, 2.05) is 295 Å². The van der Waals surface area contributed by atoms with Crippen LogP contribution in [0.15, 0.2) is 270 Å². The van der Waals surface area contributed by atoms with Crippen LogP contribution in [0.4, 0.5) is 68.9 Å². The number of nitrogens with zero attached hydrogens (tertiary/aromatic N) is 31. The fourth-order valence-electron chi connectivity index (χ4n) is 16.3. The molecule has 0 saturated carbocycles. The van der Waals surface area contributed by atoms with Gasteiger partial charge < -0.3 is 56.1 Å². The summed E-state index contributed by atoms with van der Waals surface area (Å²) in [5.41, 5.74) is 22.8. The predicted octanol–water partition coefficient (Wildman–Crippen LogP) is 13.2. The van der Waals surface area contributed by atoms with E-state index >= 15 is 0 Å². The van der Waals surface area contributed by atoms with Gasteiger partial charge in [0.2, 0.25) is 10.0 Å². The van der Waals surface area contributed by atoms with Crippen molar-refractivity contribution in [2.45, 2.75) is 13.3 Å². The maximum atomic E-state index is 11.9. The average molecular weight is 1900 g/mol. The van der Waals surface area contributed by atoms with Gasteiger partial charge in [0.05, 0.1) is 114 Å². The van der Waals surface area contributed by atoms with E-state index in [2.05, 4.69) is 156 Å². The van der Waals surface area contributed by atoms with E-state index in [1.54, 1.807) is 66.8 Å². The Morgan fingerprint density at radius 2 is 0.771 bits per heavy atom. The van der Waals surface area contributed by atoms with Crippen molar-refractivity contribution in [2.75, 3.05) is 129 Å². The number of hydrogen-bond donors (Lipinski definition) is 6. The lowest BCUT2D eigenvalue weighted by molar-refractivity contribution is 0.261. The van der Waals surface area contributed by atoms with Crippen molar-refractivity contribution in [3.63, 3.8) is 0 Å². The van der Waals surface area contributed by atoms with Crippen molar-refractivity contribution < 1.29 is 17.9 Å². The van der Waals surface area contributed by atoms with E-state index in [0.29, 0.717) is 55.1 Å². The normalized spacial score (nSPS) is 12.5. The Labute approximate surface area is 804 Å². The number of imidazole rings is 5. The van der Waals surface area contributed by atoms with Gasteiger partial charge in [-0.3, -0.25) is 49.7 Å². The zero-order chi connectivity index (χ0) is 96.5. The van der Waals surface area contributed by atoms with Crippen molar-refractivity contribution in [1.29, 1.82) is 0 Å². The summed E-state index contributed by atoms with van der Waals surface area (Å²) in [6.07, 6.45) is 48.2. The van der Waals surface area contributed by atoms with E-state index < -0.39 is 10.0 Å². The number of hydrogen-bond acceptors (Lipinski definition) is 30. The van der Waals surface area contributed by atoms with Gasteiger partial charge in [0, 0.05) is 247 Å². The highest BCUT2D eigenvalue weighted by Gasteiger charge is 2.28. The second-order valence-electron chi connectivity index (χ2n) is 34.0. The molecule has 1 fully saturated rings. The molecule has 0 bridgehead atoms. The Balaban J connectivity index is 0.000000111. The van der Waals surface area contributed by atoms with Gasteiger partial charge in [-0.2, -0.15) is 35.7 Å². The molecule has 21 aromatic rings. The van der Waals surface area contributed by atoms with Gasteiger partial charge in [-0.15, -0.1) is 0 Å². The van der Waals surface area contributed by atoms with E-state index in [0.717, 1.165) is 192 Å². The molecule has 2 aliphatic rings. The molecule has 5 aromatic carbocycles. The van der Waals surface area contributed by atoms with E-state index in [-0.39, 0.29) is 0 Å². The zero-order valence-electron chi connectivity index (χ0n) is 78.9. The summed E-state index contributed by atoms with van der Waals surface area (Å²) in [5, 5.41) is 50.8. The number of sulfonamides is 1. The van der Waals surface area contributed by atoms with Crippen molar-refractivity contribution in [3.05, 3.63) is 281 Å². The molecule has 16 aromatic heterocycles. The van der Waals surface area contributed by atoms with Crippen LogP contribution < -0.4 is 50.6 Å².